The van der Waals surface area contributed by atoms with Gasteiger partial charge in [0.2, 0.25) is 0 Å². The van der Waals surface area contributed by atoms with E-state index in [0.717, 1.165) is 16.8 Å². The van der Waals surface area contributed by atoms with Crippen molar-refractivity contribution in [1.82, 2.24) is 10.4 Å². The fourth-order valence-electron chi connectivity index (χ4n) is 3.16. The molecule has 0 aromatic heterocycles. The topological polar surface area (TPSA) is 32.3 Å². The van der Waals surface area contributed by atoms with Crippen LogP contribution in [0.1, 0.15) is 17.2 Å². The van der Waals surface area contributed by atoms with Gasteiger partial charge in [-0.15, -0.1) is 11.6 Å². The Morgan fingerprint density at radius 2 is 1.68 bits per heavy atom. The highest BCUT2D eigenvalue weighted by atomic mass is 35.5. The van der Waals surface area contributed by atoms with Crippen LogP contribution < -0.4 is 5.43 Å². The second kappa shape index (κ2) is 6.61. The summed E-state index contributed by atoms with van der Waals surface area (Å²) in [4.78, 5) is 12.3. The molecule has 0 bridgehead atoms. The summed E-state index contributed by atoms with van der Waals surface area (Å²) in [6.45, 7) is 0. The molecule has 1 aliphatic rings. The van der Waals surface area contributed by atoms with Crippen LogP contribution >= 0.6 is 11.6 Å². The number of rotatable bonds is 3. The van der Waals surface area contributed by atoms with Gasteiger partial charge in [-0.1, -0.05) is 66.7 Å². The lowest BCUT2D eigenvalue weighted by atomic mass is 10.0. The van der Waals surface area contributed by atoms with E-state index in [9.17, 15) is 4.79 Å². The van der Waals surface area contributed by atoms with Gasteiger partial charge in [-0.2, -0.15) is 0 Å². The SMILES string of the molecule is O=C(CCl)N1NC(c2ccc3ccccc3c2)=C[C@H]1c1ccccc1. The maximum absolute atomic E-state index is 12.3. The monoisotopic (exact) mass is 348 g/mol. The van der Waals surface area contributed by atoms with Gasteiger partial charge in [-0.3, -0.25) is 10.2 Å². The summed E-state index contributed by atoms with van der Waals surface area (Å²) in [6.07, 6.45) is 2.07. The lowest BCUT2D eigenvalue weighted by Crippen LogP contribution is -2.40. The summed E-state index contributed by atoms with van der Waals surface area (Å²) < 4.78 is 0. The molecule has 25 heavy (non-hydrogen) atoms. The van der Waals surface area contributed by atoms with Gasteiger partial charge in [0.1, 0.15) is 5.88 Å². The molecule has 1 atom stereocenters. The van der Waals surface area contributed by atoms with Crippen LogP contribution in [0.4, 0.5) is 0 Å². The highest BCUT2D eigenvalue weighted by Gasteiger charge is 2.30. The highest BCUT2D eigenvalue weighted by molar-refractivity contribution is 6.27. The fourth-order valence-corrected chi connectivity index (χ4v) is 3.29. The van der Waals surface area contributed by atoms with Crippen LogP contribution in [-0.4, -0.2) is 16.8 Å². The van der Waals surface area contributed by atoms with Crippen LogP contribution in [-0.2, 0) is 4.79 Å². The van der Waals surface area contributed by atoms with Gasteiger partial charge in [-0.05, 0) is 34.0 Å². The number of alkyl halides is 1. The van der Waals surface area contributed by atoms with E-state index in [2.05, 4.69) is 41.8 Å². The molecule has 124 valence electrons. The van der Waals surface area contributed by atoms with E-state index in [-0.39, 0.29) is 17.8 Å². The summed E-state index contributed by atoms with van der Waals surface area (Å²) in [5.74, 6) is -0.211. The van der Waals surface area contributed by atoms with Crippen molar-refractivity contribution in [2.24, 2.45) is 0 Å². The molecule has 3 nitrogen and oxygen atoms in total. The molecule has 0 radical (unpaired) electrons. The van der Waals surface area contributed by atoms with Crippen LogP contribution in [0.15, 0.2) is 78.9 Å². The predicted molar refractivity (Wildman–Crippen MR) is 102 cm³/mol. The summed E-state index contributed by atoms with van der Waals surface area (Å²) in [7, 11) is 0. The van der Waals surface area contributed by atoms with E-state index in [1.54, 1.807) is 5.01 Å². The zero-order valence-corrected chi connectivity index (χ0v) is 14.3. The number of nitrogens with zero attached hydrogens (tertiary/aromatic N) is 1. The van der Waals surface area contributed by atoms with Gasteiger partial charge in [0, 0.05) is 0 Å². The minimum absolute atomic E-state index is 0.0603. The third-order valence-electron chi connectivity index (χ3n) is 4.43. The van der Waals surface area contributed by atoms with Crippen molar-refractivity contribution in [3.63, 3.8) is 0 Å². The molecule has 0 aliphatic carbocycles. The summed E-state index contributed by atoms with van der Waals surface area (Å²) >= 11 is 5.80. The molecule has 0 spiro atoms. The van der Waals surface area contributed by atoms with Gasteiger partial charge < -0.3 is 0 Å². The molecule has 0 fully saturated rings. The zero-order valence-electron chi connectivity index (χ0n) is 13.5. The largest absolute Gasteiger partial charge is 0.295 e. The van der Waals surface area contributed by atoms with Crippen LogP contribution in [0.3, 0.4) is 0 Å². The Bertz CT molecular complexity index is 952. The number of amides is 1. The van der Waals surface area contributed by atoms with Crippen molar-refractivity contribution in [2.75, 3.05) is 5.88 Å². The molecule has 4 rings (SSSR count). The van der Waals surface area contributed by atoms with Crippen molar-refractivity contribution < 1.29 is 4.79 Å². The molecule has 4 heteroatoms. The molecular weight excluding hydrogens is 332 g/mol. The third-order valence-corrected chi connectivity index (χ3v) is 4.66. The Morgan fingerprint density at radius 3 is 2.44 bits per heavy atom. The van der Waals surface area contributed by atoms with E-state index in [1.165, 1.54) is 10.8 Å². The van der Waals surface area contributed by atoms with Crippen LogP contribution in [0.2, 0.25) is 0 Å². The number of benzene rings is 3. The Balaban J connectivity index is 1.74. The zero-order chi connectivity index (χ0) is 17.2. The molecule has 3 aromatic rings. The van der Waals surface area contributed by atoms with Crippen molar-refractivity contribution >= 4 is 34.0 Å². The summed E-state index contributed by atoms with van der Waals surface area (Å²) in [6, 6.07) is 24.3. The second-order valence-corrected chi connectivity index (χ2v) is 6.27. The second-order valence-electron chi connectivity index (χ2n) is 6.01. The highest BCUT2D eigenvalue weighted by Crippen LogP contribution is 2.32. The van der Waals surface area contributed by atoms with Crippen LogP contribution in [0.25, 0.3) is 16.5 Å². The number of carbonyl (C=O) groups excluding carboxylic acids is 1. The Hall–Kier alpha value is -2.78. The van der Waals surface area contributed by atoms with E-state index in [0.29, 0.717) is 0 Å². The number of hydrogen-bond acceptors (Lipinski definition) is 2. The smallest absolute Gasteiger partial charge is 0.256 e. The van der Waals surface area contributed by atoms with E-state index < -0.39 is 0 Å². The summed E-state index contributed by atoms with van der Waals surface area (Å²) in [5, 5.41) is 3.96. The maximum atomic E-state index is 12.3. The molecule has 0 unspecified atom stereocenters. The quantitative estimate of drug-likeness (QED) is 0.706. The van der Waals surface area contributed by atoms with Gasteiger partial charge in [0.25, 0.3) is 5.91 Å². The van der Waals surface area contributed by atoms with Gasteiger partial charge in [-0.25, -0.2) is 5.01 Å². The first-order chi connectivity index (χ1) is 12.3. The first kappa shape index (κ1) is 15.7. The van der Waals surface area contributed by atoms with E-state index in [1.807, 2.05) is 42.5 Å². The molecule has 1 heterocycles. The van der Waals surface area contributed by atoms with Crippen molar-refractivity contribution in [1.29, 1.82) is 0 Å². The molecule has 1 N–H and O–H groups in total. The Labute approximate surface area is 151 Å². The van der Waals surface area contributed by atoms with Crippen molar-refractivity contribution in [3.8, 4) is 0 Å². The molecule has 1 aliphatic heterocycles. The number of halogens is 1. The standard InChI is InChI=1S/C21H17ClN2O/c22-14-21(25)24-20(16-7-2-1-3-8-16)13-19(23-24)18-11-10-15-6-4-5-9-17(15)12-18/h1-13,20,23H,14H2/t20-/m0/s1. The predicted octanol–water partition coefficient (Wildman–Crippen LogP) is 4.51. The molecular formula is C21H17ClN2O. The lowest BCUT2D eigenvalue weighted by molar-refractivity contribution is -0.131. The minimum atomic E-state index is -0.172. The van der Waals surface area contributed by atoms with Gasteiger partial charge in [0.05, 0.1) is 11.7 Å². The van der Waals surface area contributed by atoms with E-state index in [4.69, 9.17) is 11.6 Å². The first-order valence-electron chi connectivity index (χ1n) is 8.17. The maximum Gasteiger partial charge on any atom is 0.256 e. The molecule has 0 saturated carbocycles. The number of carbonyl (C=O) groups is 1. The Kier molecular flexibility index (Phi) is 4.16. The number of hydrazine groups is 1. The lowest BCUT2D eigenvalue weighted by Gasteiger charge is -2.24. The average Bonchev–Trinajstić information content (AvgIpc) is 3.13. The van der Waals surface area contributed by atoms with Crippen LogP contribution in [0.5, 0.6) is 0 Å². The minimum Gasteiger partial charge on any atom is -0.295 e. The number of nitrogens with one attached hydrogen (secondary N) is 1. The van der Waals surface area contributed by atoms with Crippen molar-refractivity contribution in [3.05, 3.63) is 90.0 Å². The van der Waals surface area contributed by atoms with Gasteiger partial charge >= 0.3 is 0 Å². The number of hydrogen-bond donors (Lipinski definition) is 1. The van der Waals surface area contributed by atoms with Crippen LogP contribution in [0, 0.1) is 0 Å². The first-order valence-corrected chi connectivity index (χ1v) is 8.70. The Morgan fingerprint density at radius 1 is 0.960 bits per heavy atom. The third kappa shape index (κ3) is 2.99. The molecule has 0 saturated heterocycles. The van der Waals surface area contributed by atoms with Crippen molar-refractivity contribution in [2.45, 2.75) is 6.04 Å². The number of fused-ring (bicyclic) bond motifs is 1. The van der Waals surface area contributed by atoms with E-state index >= 15 is 0 Å². The average molecular weight is 349 g/mol. The van der Waals surface area contributed by atoms with Gasteiger partial charge in [0.15, 0.2) is 0 Å². The molecule has 1 amide bonds. The normalized spacial score (nSPS) is 16.6. The summed E-state index contributed by atoms with van der Waals surface area (Å²) in [5.41, 5.74) is 6.24. The molecule has 3 aromatic carbocycles. The fraction of sp³-hybridized carbons (Fsp3) is 0.0952.